The number of hydrogen-bond acceptors (Lipinski definition) is 4. The number of hydrogen-bond donors (Lipinski definition) is 0. The molecule has 2 atom stereocenters. The minimum atomic E-state index is -0.692. The molecule has 5 heteroatoms. The fourth-order valence-corrected chi connectivity index (χ4v) is 2.40. The molecule has 0 spiro atoms. The number of nitrogens with zero attached hydrogens (tertiary/aromatic N) is 1. The molecule has 102 valence electrons. The van der Waals surface area contributed by atoms with E-state index in [1.807, 2.05) is 19.1 Å². The minimum absolute atomic E-state index is 0.0232. The van der Waals surface area contributed by atoms with Gasteiger partial charge in [-0.2, -0.15) is 0 Å². The van der Waals surface area contributed by atoms with Gasteiger partial charge in [-0.3, -0.25) is 9.59 Å². The molecule has 1 saturated heterocycles. The minimum Gasteiger partial charge on any atom is -0.497 e. The summed E-state index contributed by atoms with van der Waals surface area (Å²) in [7, 11) is 2.89. The molecule has 0 radical (unpaired) electrons. The maximum atomic E-state index is 12.3. The molecular formula is C14H17NO4. The smallest absolute Gasteiger partial charge is 0.318 e. The molecule has 0 N–H and O–H groups in total. The van der Waals surface area contributed by atoms with Gasteiger partial charge >= 0.3 is 5.97 Å². The molecule has 2 rings (SSSR count). The fraction of sp³-hybridized carbons (Fsp3) is 0.429. The number of methoxy groups -OCH3 is 2. The highest BCUT2D eigenvalue weighted by molar-refractivity contribution is 6.08. The van der Waals surface area contributed by atoms with Crippen molar-refractivity contribution in [2.45, 2.75) is 19.4 Å². The van der Waals surface area contributed by atoms with Crippen molar-refractivity contribution in [3.8, 4) is 5.75 Å². The zero-order valence-electron chi connectivity index (χ0n) is 11.3. The summed E-state index contributed by atoms with van der Waals surface area (Å²) in [5.41, 5.74) is 0.768. The normalized spacial score (nSPS) is 22.5. The SMILES string of the molecule is COC(=O)C1CC(C)N(c2ccc(OC)cc2)C1=O. The van der Waals surface area contributed by atoms with Gasteiger partial charge in [-0.1, -0.05) is 0 Å². The highest BCUT2D eigenvalue weighted by Gasteiger charge is 2.42. The second-order valence-electron chi connectivity index (χ2n) is 4.57. The first-order chi connectivity index (χ1) is 9.08. The first-order valence-electron chi connectivity index (χ1n) is 6.13. The van der Waals surface area contributed by atoms with Gasteiger partial charge < -0.3 is 14.4 Å². The lowest BCUT2D eigenvalue weighted by atomic mass is 10.1. The van der Waals surface area contributed by atoms with Crippen molar-refractivity contribution in [3.05, 3.63) is 24.3 Å². The van der Waals surface area contributed by atoms with E-state index in [0.717, 1.165) is 11.4 Å². The maximum Gasteiger partial charge on any atom is 0.318 e. The Morgan fingerprint density at radius 1 is 1.26 bits per heavy atom. The van der Waals surface area contributed by atoms with Gasteiger partial charge in [0.05, 0.1) is 14.2 Å². The van der Waals surface area contributed by atoms with E-state index in [0.29, 0.717) is 6.42 Å². The molecule has 0 aromatic heterocycles. The molecule has 1 aromatic rings. The zero-order chi connectivity index (χ0) is 14.0. The third kappa shape index (κ3) is 2.41. The van der Waals surface area contributed by atoms with E-state index in [1.165, 1.54) is 7.11 Å². The molecule has 19 heavy (non-hydrogen) atoms. The van der Waals surface area contributed by atoms with Crippen LogP contribution in [0.2, 0.25) is 0 Å². The lowest BCUT2D eigenvalue weighted by Crippen LogP contribution is -2.33. The lowest BCUT2D eigenvalue weighted by molar-refractivity contribution is -0.148. The number of carbonyl (C=O) groups excluding carboxylic acids is 2. The summed E-state index contributed by atoms with van der Waals surface area (Å²) >= 11 is 0. The van der Waals surface area contributed by atoms with E-state index in [2.05, 4.69) is 4.74 Å². The van der Waals surface area contributed by atoms with Crippen LogP contribution < -0.4 is 9.64 Å². The van der Waals surface area contributed by atoms with Gasteiger partial charge in [0.1, 0.15) is 11.7 Å². The van der Waals surface area contributed by atoms with Crippen molar-refractivity contribution in [1.82, 2.24) is 0 Å². The van der Waals surface area contributed by atoms with Crippen molar-refractivity contribution >= 4 is 17.6 Å². The highest BCUT2D eigenvalue weighted by Crippen LogP contribution is 2.31. The van der Waals surface area contributed by atoms with E-state index in [9.17, 15) is 9.59 Å². The lowest BCUT2D eigenvalue weighted by Gasteiger charge is -2.21. The number of esters is 1. The molecular weight excluding hydrogens is 246 g/mol. The molecule has 0 bridgehead atoms. The quantitative estimate of drug-likeness (QED) is 0.614. The molecule has 1 aliphatic rings. The van der Waals surface area contributed by atoms with E-state index in [4.69, 9.17) is 4.74 Å². The number of carbonyl (C=O) groups is 2. The molecule has 1 amide bonds. The first kappa shape index (κ1) is 13.4. The Bertz CT molecular complexity index is 483. The number of anilines is 1. The third-order valence-corrected chi connectivity index (χ3v) is 3.39. The Hall–Kier alpha value is -2.04. The number of rotatable bonds is 3. The van der Waals surface area contributed by atoms with Gasteiger partial charge in [-0.15, -0.1) is 0 Å². The predicted octanol–water partition coefficient (Wildman–Crippen LogP) is 1.61. The molecule has 1 heterocycles. The van der Waals surface area contributed by atoms with Crippen LogP contribution in [-0.4, -0.2) is 32.1 Å². The van der Waals surface area contributed by atoms with Crippen LogP contribution in [0.25, 0.3) is 0 Å². The summed E-state index contributed by atoms with van der Waals surface area (Å²) in [5, 5.41) is 0. The van der Waals surface area contributed by atoms with Gasteiger partial charge in [0.25, 0.3) is 0 Å². The van der Waals surface area contributed by atoms with Crippen LogP contribution in [0.5, 0.6) is 5.75 Å². The van der Waals surface area contributed by atoms with Gasteiger partial charge in [0.2, 0.25) is 5.91 Å². The van der Waals surface area contributed by atoms with Crippen LogP contribution in [0, 0.1) is 5.92 Å². The van der Waals surface area contributed by atoms with E-state index < -0.39 is 11.9 Å². The Labute approximate surface area is 112 Å². The Balaban J connectivity index is 2.24. The summed E-state index contributed by atoms with van der Waals surface area (Å²) in [6.07, 6.45) is 0.484. The summed E-state index contributed by atoms with van der Waals surface area (Å²) in [6.45, 7) is 1.92. The molecule has 0 saturated carbocycles. The van der Waals surface area contributed by atoms with E-state index in [-0.39, 0.29) is 11.9 Å². The highest BCUT2D eigenvalue weighted by atomic mass is 16.5. The van der Waals surface area contributed by atoms with Crippen molar-refractivity contribution in [2.24, 2.45) is 5.92 Å². The zero-order valence-corrected chi connectivity index (χ0v) is 11.3. The fourth-order valence-electron chi connectivity index (χ4n) is 2.40. The maximum absolute atomic E-state index is 12.3. The summed E-state index contributed by atoms with van der Waals surface area (Å²) in [6, 6.07) is 7.19. The summed E-state index contributed by atoms with van der Waals surface area (Å²) in [5.74, 6) is -0.632. The summed E-state index contributed by atoms with van der Waals surface area (Å²) in [4.78, 5) is 25.5. The monoisotopic (exact) mass is 263 g/mol. The molecule has 1 fully saturated rings. The number of amides is 1. The molecule has 1 aromatic carbocycles. The van der Waals surface area contributed by atoms with E-state index >= 15 is 0 Å². The Morgan fingerprint density at radius 2 is 1.89 bits per heavy atom. The van der Waals surface area contributed by atoms with Crippen molar-refractivity contribution in [1.29, 1.82) is 0 Å². The average Bonchev–Trinajstić information content (AvgIpc) is 2.73. The van der Waals surface area contributed by atoms with Crippen molar-refractivity contribution < 1.29 is 19.1 Å². The van der Waals surface area contributed by atoms with Gasteiger partial charge in [-0.05, 0) is 37.6 Å². The van der Waals surface area contributed by atoms with Crippen LogP contribution in [0.15, 0.2) is 24.3 Å². The summed E-state index contributed by atoms with van der Waals surface area (Å²) < 4.78 is 9.75. The average molecular weight is 263 g/mol. The molecule has 2 unspecified atom stereocenters. The molecule has 1 aliphatic heterocycles. The predicted molar refractivity (Wildman–Crippen MR) is 70.1 cm³/mol. The van der Waals surface area contributed by atoms with Gasteiger partial charge in [-0.25, -0.2) is 0 Å². The van der Waals surface area contributed by atoms with Crippen LogP contribution in [0.3, 0.4) is 0 Å². The first-order valence-corrected chi connectivity index (χ1v) is 6.13. The largest absolute Gasteiger partial charge is 0.497 e. The second-order valence-corrected chi connectivity index (χ2v) is 4.57. The van der Waals surface area contributed by atoms with Gasteiger partial charge in [0, 0.05) is 11.7 Å². The molecule has 5 nitrogen and oxygen atoms in total. The number of benzene rings is 1. The standard InChI is InChI=1S/C14H17NO4/c1-9-8-12(14(17)19-3)13(16)15(9)10-4-6-11(18-2)7-5-10/h4-7,9,12H,8H2,1-3H3. The molecule has 0 aliphatic carbocycles. The van der Waals surface area contributed by atoms with Crippen LogP contribution in [-0.2, 0) is 14.3 Å². The van der Waals surface area contributed by atoms with Crippen LogP contribution in [0.1, 0.15) is 13.3 Å². The van der Waals surface area contributed by atoms with Crippen LogP contribution >= 0.6 is 0 Å². The van der Waals surface area contributed by atoms with Crippen LogP contribution in [0.4, 0.5) is 5.69 Å². The topological polar surface area (TPSA) is 55.8 Å². The van der Waals surface area contributed by atoms with Crippen molar-refractivity contribution in [2.75, 3.05) is 19.1 Å². The second kappa shape index (κ2) is 5.30. The van der Waals surface area contributed by atoms with E-state index in [1.54, 1.807) is 24.1 Å². The Morgan fingerprint density at radius 3 is 2.42 bits per heavy atom. The Kier molecular flexibility index (Phi) is 3.74. The van der Waals surface area contributed by atoms with Crippen molar-refractivity contribution in [3.63, 3.8) is 0 Å². The van der Waals surface area contributed by atoms with Gasteiger partial charge in [0.15, 0.2) is 0 Å². The third-order valence-electron chi connectivity index (χ3n) is 3.39. The number of ether oxygens (including phenoxy) is 2.